The van der Waals surface area contributed by atoms with Crippen molar-refractivity contribution in [2.75, 3.05) is 33.9 Å². The van der Waals surface area contributed by atoms with Crippen molar-refractivity contribution >= 4 is 12.4 Å². The summed E-state index contributed by atoms with van der Waals surface area (Å²) in [6.07, 6.45) is 2.39. The molecule has 0 amide bonds. The summed E-state index contributed by atoms with van der Waals surface area (Å²) in [5.74, 6) is 3.48. The lowest BCUT2D eigenvalue weighted by atomic mass is 9.76. The molecular formula is C16H24ClNO2. The molecule has 0 radical (unpaired) electrons. The minimum Gasteiger partial charge on any atom is -0.496 e. The summed E-state index contributed by atoms with van der Waals surface area (Å²) in [7, 11) is 3.54. The number of rotatable bonds is 3. The second-order valence-electron chi connectivity index (χ2n) is 5.62. The Kier molecular flexibility index (Phi) is 4.82. The third kappa shape index (κ3) is 2.38. The molecule has 1 aliphatic carbocycles. The molecule has 0 saturated carbocycles. The maximum Gasteiger partial charge on any atom is 0.122 e. The first-order chi connectivity index (χ1) is 9.28. The van der Waals surface area contributed by atoms with E-state index in [0.29, 0.717) is 5.92 Å². The fourth-order valence-electron chi connectivity index (χ4n) is 3.82. The molecule has 4 heteroatoms. The quantitative estimate of drug-likeness (QED) is 0.856. The summed E-state index contributed by atoms with van der Waals surface area (Å²) < 4.78 is 11.2. The standard InChI is InChI=1S/C16H23NO2.ClH/c1-4-17-9-11-5-6-12-14(18-2)7-8-15(19-3)16(12)13(11)10-17;/h7-8,11,13H,4-6,9-10H2,1-3H3;1H. The number of fused-ring (bicyclic) bond motifs is 3. The number of likely N-dealkylation sites (N-methyl/N-ethyl adjacent to an activating group) is 1. The fourth-order valence-corrected chi connectivity index (χ4v) is 3.82. The van der Waals surface area contributed by atoms with E-state index >= 15 is 0 Å². The first-order valence-electron chi connectivity index (χ1n) is 7.24. The molecule has 1 aromatic rings. The number of nitrogens with zero attached hydrogens (tertiary/aromatic N) is 1. The van der Waals surface area contributed by atoms with Crippen LogP contribution in [0, 0.1) is 5.92 Å². The van der Waals surface area contributed by atoms with Crippen molar-refractivity contribution < 1.29 is 9.47 Å². The summed E-state index contributed by atoms with van der Waals surface area (Å²) in [6.45, 7) is 5.80. The van der Waals surface area contributed by atoms with Crippen molar-refractivity contribution in [2.45, 2.75) is 25.7 Å². The molecular weight excluding hydrogens is 274 g/mol. The maximum absolute atomic E-state index is 5.62. The molecule has 1 fully saturated rings. The van der Waals surface area contributed by atoms with Crippen LogP contribution in [0.2, 0.25) is 0 Å². The van der Waals surface area contributed by atoms with Gasteiger partial charge in [0.25, 0.3) is 0 Å². The van der Waals surface area contributed by atoms with E-state index in [1.54, 1.807) is 14.2 Å². The molecule has 1 heterocycles. The van der Waals surface area contributed by atoms with Gasteiger partial charge in [-0.15, -0.1) is 12.4 Å². The van der Waals surface area contributed by atoms with Crippen LogP contribution >= 0.6 is 12.4 Å². The molecule has 0 N–H and O–H groups in total. The van der Waals surface area contributed by atoms with Crippen molar-refractivity contribution in [3.05, 3.63) is 23.3 Å². The zero-order chi connectivity index (χ0) is 13.4. The predicted molar refractivity (Wildman–Crippen MR) is 83.5 cm³/mol. The van der Waals surface area contributed by atoms with Crippen molar-refractivity contribution in [2.24, 2.45) is 5.92 Å². The highest BCUT2D eigenvalue weighted by atomic mass is 35.5. The molecule has 112 valence electrons. The van der Waals surface area contributed by atoms with Gasteiger partial charge in [0.05, 0.1) is 14.2 Å². The van der Waals surface area contributed by atoms with Gasteiger partial charge >= 0.3 is 0 Å². The van der Waals surface area contributed by atoms with E-state index in [4.69, 9.17) is 9.47 Å². The lowest BCUT2D eigenvalue weighted by molar-refractivity contribution is 0.337. The van der Waals surface area contributed by atoms with Crippen molar-refractivity contribution in [3.63, 3.8) is 0 Å². The van der Waals surface area contributed by atoms with Gasteiger partial charge in [0, 0.05) is 30.1 Å². The largest absolute Gasteiger partial charge is 0.496 e. The van der Waals surface area contributed by atoms with Gasteiger partial charge in [-0.25, -0.2) is 0 Å². The number of methoxy groups -OCH3 is 2. The molecule has 2 aliphatic rings. The SMILES string of the molecule is CCN1CC2CCc3c(OC)ccc(OC)c3C2C1.Cl. The third-order valence-electron chi connectivity index (χ3n) is 4.81. The average Bonchev–Trinajstić information content (AvgIpc) is 2.89. The van der Waals surface area contributed by atoms with Crippen molar-refractivity contribution in [3.8, 4) is 11.5 Å². The lowest BCUT2D eigenvalue weighted by Gasteiger charge is -2.30. The Morgan fingerprint density at radius 1 is 1.15 bits per heavy atom. The van der Waals surface area contributed by atoms with Crippen LogP contribution in [0.25, 0.3) is 0 Å². The number of hydrogen-bond donors (Lipinski definition) is 0. The number of halogens is 1. The van der Waals surface area contributed by atoms with Crippen LogP contribution in [-0.4, -0.2) is 38.8 Å². The van der Waals surface area contributed by atoms with Crippen LogP contribution < -0.4 is 9.47 Å². The van der Waals surface area contributed by atoms with E-state index in [0.717, 1.165) is 36.9 Å². The fraction of sp³-hybridized carbons (Fsp3) is 0.625. The van der Waals surface area contributed by atoms with E-state index < -0.39 is 0 Å². The number of hydrogen-bond acceptors (Lipinski definition) is 3. The zero-order valence-electron chi connectivity index (χ0n) is 12.5. The van der Waals surface area contributed by atoms with E-state index in [1.165, 1.54) is 24.1 Å². The molecule has 0 spiro atoms. The van der Waals surface area contributed by atoms with Gasteiger partial charge in [-0.1, -0.05) is 6.92 Å². The van der Waals surface area contributed by atoms with E-state index in [-0.39, 0.29) is 12.4 Å². The Labute approximate surface area is 127 Å². The summed E-state index contributed by atoms with van der Waals surface area (Å²) in [4.78, 5) is 2.56. The van der Waals surface area contributed by atoms with E-state index in [1.807, 2.05) is 6.07 Å². The molecule has 20 heavy (non-hydrogen) atoms. The van der Waals surface area contributed by atoms with E-state index in [2.05, 4.69) is 17.9 Å². The molecule has 1 aromatic carbocycles. The van der Waals surface area contributed by atoms with Crippen LogP contribution in [0.4, 0.5) is 0 Å². The molecule has 3 nitrogen and oxygen atoms in total. The molecule has 1 aliphatic heterocycles. The van der Waals surface area contributed by atoms with Gasteiger partial charge in [0.2, 0.25) is 0 Å². The highest BCUT2D eigenvalue weighted by Crippen LogP contribution is 2.47. The highest BCUT2D eigenvalue weighted by Gasteiger charge is 2.39. The Balaban J connectivity index is 0.00000147. The molecule has 0 aromatic heterocycles. The average molecular weight is 298 g/mol. The molecule has 2 atom stereocenters. The number of benzene rings is 1. The third-order valence-corrected chi connectivity index (χ3v) is 4.81. The first-order valence-corrected chi connectivity index (χ1v) is 7.24. The predicted octanol–water partition coefficient (Wildman–Crippen LogP) is 3.11. The summed E-state index contributed by atoms with van der Waals surface area (Å²) >= 11 is 0. The van der Waals surface area contributed by atoms with Gasteiger partial charge in [-0.2, -0.15) is 0 Å². The second-order valence-corrected chi connectivity index (χ2v) is 5.62. The number of likely N-dealkylation sites (tertiary alicyclic amines) is 1. The van der Waals surface area contributed by atoms with Crippen LogP contribution in [0.1, 0.15) is 30.4 Å². The minimum absolute atomic E-state index is 0. The van der Waals surface area contributed by atoms with Gasteiger partial charge in [0.1, 0.15) is 11.5 Å². The molecule has 0 bridgehead atoms. The second kappa shape index (κ2) is 6.23. The summed E-state index contributed by atoms with van der Waals surface area (Å²) in [5.41, 5.74) is 2.79. The Hall–Kier alpha value is -0.930. The van der Waals surface area contributed by atoms with Crippen LogP contribution in [0.5, 0.6) is 11.5 Å². The van der Waals surface area contributed by atoms with E-state index in [9.17, 15) is 0 Å². The molecule has 2 unspecified atom stereocenters. The maximum atomic E-state index is 5.62. The Morgan fingerprint density at radius 3 is 2.50 bits per heavy atom. The van der Waals surface area contributed by atoms with Gasteiger partial charge in [-0.3, -0.25) is 0 Å². The van der Waals surface area contributed by atoms with Crippen molar-refractivity contribution in [1.82, 2.24) is 4.90 Å². The number of ether oxygens (including phenoxy) is 2. The lowest BCUT2D eigenvalue weighted by Crippen LogP contribution is -2.20. The molecule has 3 rings (SSSR count). The van der Waals surface area contributed by atoms with Gasteiger partial charge in [-0.05, 0) is 37.4 Å². The summed E-state index contributed by atoms with van der Waals surface area (Å²) in [5, 5.41) is 0. The first kappa shape index (κ1) is 15.5. The highest BCUT2D eigenvalue weighted by molar-refractivity contribution is 5.85. The summed E-state index contributed by atoms with van der Waals surface area (Å²) in [6, 6.07) is 4.11. The smallest absolute Gasteiger partial charge is 0.122 e. The topological polar surface area (TPSA) is 21.7 Å². The zero-order valence-corrected chi connectivity index (χ0v) is 13.3. The van der Waals surface area contributed by atoms with Gasteiger partial charge < -0.3 is 14.4 Å². The minimum atomic E-state index is 0. The van der Waals surface area contributed by atoms with Crippen LogP contribution in [0.3, 0.4) is 0 Å². The van der Waals surface area contributed by atoms with Crippen molar-refractivity contribution in [1.29, 1.82) is 0 Å². The normalized spacial score (nSPS) is 24.6. The Bertz CT molecular complexity index is 478. The van der Waals surface area contributed by atoms with Crippen LogP contribution in [-0.2, 0) is 6.42 Å². The molecule has 1 saturated heterocycles. The monoisotopic (exact) mass is 297 g/mol. The van der Waals surface area contributed by atoms with Gasteiger partial charge in [0.15, 0.2) is 0 Å². The van der Waals surface area contributed by atoms with Crippen LogP contribution in [0.15, 0.2) is 12.1 Å². The Morgan fingerprint density at radius 2 is 1.85 bits per heavy atom.